The lowest BCUT2D eigenvalue weighted by molar-refractivity contribution is 0.252. The van der Waals surface area contributed by atoms with Crippen molar-refractivity contribution in [2.24, 2.45) is 0 Å². The van der Waals surface area contributed by atoms with E-state index in [1.54, 1.807) is 18.2 Å². The van der Waals surface area contributed by atoms with E-state index in [4.69, 9.17) is 8.83 Å². The molecule has 88 valence electrons. The number of carbonyl (C=O) groups is 1. The molecule has 0 aliphatic rings. The average Bonchev–Trinajstić information content (AvgIpc) is 2.95. The van der Waals surface area contributed by atoms with Crippen LogP contribution in [-0.2, 0) is 0 Å². The summed E-state index contributed by atoms with van der Waals surface area (Å²) in [5, 5.41) is 12.2. The Kier molecular flexibility index (Phi) is 3.20. The largest absolute Gasteiger partial charge is 0.459 e. The zero-order valence-electron chi connectivity index (χ0n) is 8.84. The fourth-order valence-corrected chi connectivity index (χ4v) is 1.08. The van der Waals surface area contributed by atoms with Gasteiger partial charge in [0.25, 0.3) is 5.89 Å². The molecule has 2 aromatic heterocycles. The molecule has 7 heteroatoms. The first kappa shape index (κ1) is 10.9. The van der Waals surface area contributed by atoms with E-state index < -0.39 is 6.03 Å². The van der Waals surface area contributed by atoms with E-state index in [2.05, 4.69) is 27.4 Å². The Morgan fingerprint density at radius 3 is 3.12 bits per heavy atom. The molecule has 0 fully saturated rings. The number of anilines is 1. The molecule has 0 aromatic carbocycles. The lowest BCUT2D eigenvalue weighted by Crippen LogP contribution is -2.28. The summed E-state index contributed by atoms with van der Waals surface area (Å²) >= 11 is 0. The fraction of sp³-hybridized carbons (Fsp3) is 0.100. The van der Waals surface area contributed by atoms with Gasteiger partial charge in [0, 0.05) is 6.54 Å². The summed E-state index contributed by atoms with van der Waals surface area (Å²) in [4.78, 5) is 11.2. The van der Waals surface area contributed by atoms with Gasteiger partial charge in [-0.2, -0.15) is 0 Å². The van der Waals surface area contributed by atoms with Crippen LogP contribution in [-0.4, -0.2) is 22.8 Å². The van der Waals surface area contributed by atoms with Crippen LogP contribution in [0.2, 0.25) is 0 Å². The van der Waals surface area contributed by atoms with E-state index in [9.17, 15) is 4.79 Å². The number of carbonyl (C=O) groups excluding carboxylic acids is 1. The number of rotatable bonds is 4. The maximum absolute atomic E-state index is 11.2. The standard InChI is InChI=1S/C10H10N4O3/c1-2-5-11-9(15)12-10-14-13-8(17-10)7-4-3-6-16-7/h2-4,6H,1,5H2,(H2,11,12,14,15). The second kappa shape index (κ2) is 4.97. The molecule has 0 bridgehead atoms. The number of amides is 2. The van der Waals surface area contributed by atoms with Crippen molar-refractivity contribution in [3.8, 4) is 11.7 Å². The molecule has 0 atom stereocenters. The molecule has 2 aromatic rings. The topological polar surface area (TPSA) is 93.2 Å². The summed E-state index contributed by atoms with van der Waals surface area (Å²) in [7, 11) is 0. The Balaban J connectivity index is 1.99. The lowest BCUT2D eigenvalue weighted by Gasteiger charge is -1.99. The van der Waals surface area contributed by atoms with Crippen LogP contribution in [0, 0.1) is 0 Å². The van der Waals surface area contributed by atoms with E-state index in [1.165, 1.54) is 6.26 Å². The third-order valence-corrected chi connectivity index (χ3v) is 1.78. The molecule has 0 radical (unpaired) electrons. The van der Waals surface area contributed by atoms with Crippen molar-refractivity contribution in [2.75, 3.05) is 11.9 Å². The van der Waals surface area contributed by atoms with E-state index in [1.807, 2.05) is 0 Å². The molecule has 0 aliphatic heterocycles. The Bertz CT molecular complexity index is 503. The normalized spacial score (nSPS) is 9.88. The van der Waals surface area contributed by atoms with Gasteiger partial charge in [-0.25, -0.2) is 4.79 Å². The number of furan rings is 1. The molecule has 0 unspecified atom stereocenters. The average molecular weight is 234 g/mol. The zero-order valence-corrected chi connectivity index (χ0v) is 8.84. The summed E-state index contributed by atoms with van der Waals surface area (Å²) in [5.74, 6) is 0.645. The quantitative estimate of drug-likeness (QED) is 0.784. The van der Waals surface area contributed by atoms with Gasteiger partial charge in [0.2, 0.25) is 0 Å². The minimum atomic E-state index is -0.445. The second-order valence-electron chi connectivity index (χ2n) is 3.01. The van der Waals surface area contributed by atoms with E-state index in [0.717, 1.165) is 0 Å². The number of nitrogens with one attached hydrogen (secondary N) is 2. The highest BCUT2D eigenvalue weighted by molar-refractivity contribution is 5.87. The van der Waals surface area contributed by atoms with Crippen LogP contribution in [0.1, 0.15) is 0 Å². The third-order valence-electron chi connectivity index (χ3n) is 1.78. The Labute approximate surface area is 96.5 Å². The summed E-state index contributed by atoms with van der Waals surface area (Å²) in [6, 6.07) is 2.93. The van der Waals surface area contributed by atoms with Crippen LogP contribution in [0.25, 0.3) is 11.7 Å². The Morgan fingerprint density at radius 2 is 2.41 bits per heavy atom. The van der Waals surface area contributed by atoms with Gasteiger partial charge in [-0.1, -0.05) is 11.2 Å². The number of hydrogen-bond acceptors (Lipinski definition) is 5. The molecule has 0 saturated heterocycles. The van der Waals surface area contributed by atoms with Crippen molar-refractivity contribution in [1.29, 1.82) is 0 Å². The smallest absolute Gasteiger partial charge is 0.324 e. The SMILES string of the molecule is C=CCNC(=O)Nc1nnc(-c2ccco2)o1. The van der Waals surface area contributed by atoms with Crippen molar-refractivity contribution in [3.05, 3.63) is 31.1 Å². The molecule has 0 aliphatic carbocycles. The first-order valence-corrected chi connectivity index (χ1v) is 4.82. The second-order valence-corrected chi connectivity index (χ2v) is 3.01. The minimum absolute atomic E-state index is 0.00189. The number of aromatic nitrogens is 2. The summed E-state index contributed by atoms with van der Waals surface area (Å²) in [6.45, 7) is 3.82. The first-order valence-electron chi connectivity index (χ1n) is 4.82. The van der Waals surface area contributed by atoms with Gasteiger partial charge in [0.15, 0.2) is 5.76 Å². The van der Waals surface area contributed by atoms with Crippen molar-refractivity contribution in [3.63, 3.8) is 0 Å². The predicted octanol–water partition coefficient (Wildman–Crippen LogP) is 1.64. The van der Waals surface area contributed by atoms with Gasteiger partial charge in [-0.05, 0) is 12.1 Å². The number of nitrogens with zero attached hydrogens (tertiary/aromatic N) is 2. The molecule has 2 rings (SSSR count). The summed E-state index contributed by atoms with van der Waals surface area (Å²) < 4.78 is 10.2. The minimum Gasteiger partial charge on any atom is -0.459 e. The molecule has 2 N–H and O–H groups in total. The van der Waals surface area contributed by atoms with Crippen LogP contribution >= 0.6 is 0 Å². The molecule has 2 heterocycles. The van der Waals surface area contributed by atoms with Gasteiger partial charge in [0.1, 0.15) is 0 Å². The monoisotopic (exact) mass is 234 g/mol. The highest BCUT2D eigenvalue weighted by Gasteiger charge is 2.12. The van der Waals surface area contributed by atoms with E-state index in [-0.39, 0.29) is 11.9 Å². The highest BCUT2D eigenvalue weighted by atomic mass is 16.4. The predicted molar refractivity (Wildman–Crippen MR) is 59.2 cm³/mol. The highest BCUT2D eigenvalue weighted by Crippen LogP contribution is 2.19. The molecule has 0 spiro atoms. The van der Waals surface area contributed by atoms with Crippen LogP contribution < -0.4 is 10.6 Å². The number of urea groups is 1. The van der Waals surface area contributed by atoms with Crippen molar-refractivity contribution >= 4 is 12.0 Å². The number of hydrogen-bond donors (Lipinski definition) is 2. The van der Waals surface area contributed by atoms with Crippen molar-refractivity contribution in [1.82, 2.24) is 15.5 Å². The molecule has 2 amide bonds. The summed E-state index contributed by atoms with van der Waals surface area (Å²) in [5.41, 5.74) is 0. The lowest BCUT2D eigenvalue weighted by atomic mass is 10.5. The van der Waals surface area contributed by atoms with Crippen molar-refractivity contribution < 1.29 is 13.6 Å². The molecular formula is C10H10N4O3. The van der Waals surface area contributed by atoms with Gasteiger partial charge < -0.3 is 14.2 Å². The Hall–Kier alpha value is -2.57. The molecule has 7 nitrogen and oxygen atoms in total. The molecule has 17 heavy (non-hydrogen) atoms. The molecular weight excluding hydrogens is 224 g/mol. The van der Waals surface area contributed by atoms with Gasteiger partial charge in [-0.15, -0.1) is 11.7 Å². The van der Waals surface area contributed by atoms with Crippen LogP contribution in [0.15, 0.2) is 39.9 Å². The zero-order chi connectivity index (χ0) is 12.1. The third kappa shape index (κ3) is 2.71. The van der Waals surface area contributed by atoms with Gasteiger partial charge in [0.05, 0.1) is 6.26 Å². The van der Waals surface area contributed by atoms with Crippen molar-refractivity contribution in [2.45, 2.75) is 0 Å². The first-order chi connectivity index (χ1) is 8.29. The maximum atomic E-state index is 11.2. The summed E-state index contributed by atoms with van der Waals surface area (Å²) in [6.07, 6.45) is 3.05. The van der Waals surface area contributed by atoms with Crippen LogP contribution in [0.3, 0.4) is 0 Å². The van der Waals surface area contributed by atoms with Crippen LogP contribution in [0.5, 0.6) is 0 Å². The van der Waals surface area contributed by atoms with Gasteiger partial charge >= 0.3 is 12.0 Å². The maximum Gasteiger partial charge on any atom is 0.324 e. The van der Waals surface area contributed by atoms with Gasteiger partial charge in [-0.3, -0.25) is 5.32 Å². The Morgan fingerprint density at radius 1 is 1.53 bits per heavy atom. The fourth-order valence-electron chi connectivity index (χ4n) is 1.08. The molecule has 0 saturated carbocycles. The van der Waals surface area contributed by atoms with E-state index >= 15 is 0 Å². The van der Waals surface area contributed by atoms with Crippen LogP contribution in [0.4, 0.5) is 10.8 Å². The van der Waals surface area contributed by atoms with E-state index in [0.29, 0.717) is 12.3 Å².